The van der Waals surface area contributed by atoms with Crippen molar-refractivity contribution in [1.29, 1.82) is 0 Å². The fourth-order valence-corrected chi connectivity index (χ4v) is 2.34. The Morgan fingerprint density at radius 2 is 2.30 bits per heavy atom. The molecule has 2 aromatic rings. The van der Waals surface area contributed by atoms with Crippen LogP contribution in [-0.4, -0.2) is 40.1 Å². The second-order valence-electron chi connectivity index (χ2n) is 4.43. The van der Waals surface area contributed by atoms with E-state index in [9.17, 15) is 9.59 Å². The molecule has 0 saturated heterocycles. The Bertz CT molecular complexity index is 591. The average Bonchev–Trinajstić information content (AvgIpc) is 3.07. The predicted octanol–water partition coefficient (Wildman–Crippen LogP) is 0.870. The van der Waals surface area contributed by atoms with Crippen LogP contribution in [0.1, 0.15) is 15.2 Å². The molecule has 0 aliphatic rings. The minimum absolute atomic E-state index is 0.00645. The fraction of sp³-hybridized carbons (Fsp3) is 0.308. The van der Waals surface area contributed by atoms with E-state index in [2.05, 4.69) is 10.4 Å². The van der Waals surface area contributed by atoms with Crippen molar-refractivity contribution in [2.45, 2.75) is 6.54 Å². The smallest absolute Gasteiger partial charge is 0.261 e. The minimum Gasteiger partial charge on any atom is -0.342 e. The first-order valence-electron chi connectivity index (χ1n) is 6.09. The van der Waals surface area contributed by atoms with Crippen molar-refractivity contribution in [1.82, 2.24) is 20.0 Å². The summed E-state index contributed by atoms with van der Waals surface area (Å²) in [5.74, 6) is -0.359. The molecule has 0 aromatic carbocycles. The largest absolute Gasteiger partial charge is 0.342 e. The van der Waals surface area contributed by atoms with Crippen LogP contribution in [0.5, 0.6) is 0 Å². The van der Waals surface area contributed by atoms with Crippen LogP contribution in [0.25, 0.3) is 0 Å². The molecule has 0 aliphatic heterocycles. The van der Waals surface area contributed by atoms with Gasteiger partial charge in [0.1, 0.15) is 0 Å². The van der Waals surface area contributed by atoms with Crippen LogP contribution in [0.15, 0.2) is 29.9 Å². The highest BCUT2D eigenvalue weighted by Crippen LogP contribution is 2.07. The van der Waals surface area contributed by atoms with Gasteiger partial charge >= 0.3 is 0 Å². The summed E-state index contributed by atoms with van der Waals surface area (Å²) in [6.45, 7) is 0.467. The number of hydrogen-bond acceptors (Lipinski definition) is 4. The molecule has 20 heavy (non-hydrogen) atoms. The van der Waals surface area contributed by atoms with Crippen LogP contribution < -0.4 is 5.32 Å². The lowest BCUT2D eigenvalue weighted by molar-refractivity contribution is -0.129. The summed E-state index contributed by atoms with van der Waals surface area (Å²) < 4.78 is 1.69. The molecule has 7 heteroatoms. The molecule has 0 bridgehead atoms. The van der Waals surface area contributed by atoms with Gasteiger partial charge in [0.2, 0.25) is 5.91 Å². The SMILES string of the molecule is CN(Cc1cnn(C)c1)C(=O)CNC(=O)c1cccs1. The summed E-state index contributed by atoms with van der Waals surface area (Å²) in [5, 5.41) is 8.49. The van der Waals surface area contributed by atoms with Gasteiger partial charge in [0.05, 0.1) is 17.6 Å². The third kappa shape index (κ3) is 3.67. The Hall–Kier alpha value is -2.15. The van der Waals surface area contributed by atoms with Crippen molar-refractivity contribution < 1.29 is 9.59 Å². The molecule has 0 atom stereocenters. The first kappa shape index (κ1) is 14.3. The summed E-state index contributed by atoms with van der Waals surface area (Å²) >= 11 is 1.35. The fourth-order valence-electron chi connectivity index (χ4n) is 1.70. The first-order chi connectivity index (χ1) is 9.56. The van der Waals surface area contributed by atoms with E-state index in [1.54, 1.807) is 35.0 Å². The van der Waals surface area contributed by atoms with E-state index >= 15 is 0 Å². The lowest BCUT2D eigenvalue weighted by atomic mass is 10.3. The molecule has 6 nitrogen and oxygen atoms in total. The van der Waals surface area contributed by atoms with Gasteiger partial charge < -0.3 is 10.2 Å². The Kier molecular flexibility index (Phi) is 4.52. The predicted molar refractivity (Wildman–Crippen MR) is 76.3 cm³/mol. The van der Waals surface area contributed by atoms with Crippen molar-refractivity contribution in [2.24, 2.45) is 7.05 Å². The molecule has 2 aromatic heterocycles. The number of thiophene rings is 1. The molecular formula is C13H16N4O2S. The van der Waals surface area contributed by atoms with E-state index in [4.69, 9.17) is 0 Å². The van der Waals surface area contributed by atoms with E-state index in [-0.39, 0.29) is 18.4 Å². The number of amides is 2. The number of likely N-dealkylation sites (N-methyl/N-ethyl adjacent to an activating group) is 1. The Morgan fingerprint density at radius 3 is 2.90 bits per heavy atom. The van der Waals surface area contributed by atoms with Gasteiger partial charge in [-0.15, -0.1) is 11.3 Å². The zero-order chi connectivity index (χ0) is 14.5. The number of carbonyl (C=O) groups excluding carboxylic acids is 2. The first-order valence-corrected chi connectivity index (χ1v) is 6.97. The van der Waals surface area contributed by atoms with Gasteiger partial charge in [0.15, 0.2) is 0 Å². The number of carbonyl (C=O) groups is 2. The number of hydrogen-bond donors (Lipinski definition) is 1. The Balaban J connectivity index is 1.81. The molecule has 2 amide bonds. The third-order valence-electron chi connectivity index (χ3n) is 2.75. The summed E-state index contributed by atoms with van der Waals surface area (Å²) in [7, 11) is 3.53. The minimum atomic E-state index is -0.219. The van der Waals surface area contributed by atoms with E-state index < -0.39 is 0 Å². The second kappa shape index (κ2) is 6.33. The summed E-state index contributed by atoms with van der Waals surface area (Å²) in [6, 6.07) is 3.53. The number of aryl methyl sites for hydroxylation is 1. The second-order valence-corrected chi connectivity index (χ2v) is 5.38. The van der Waals surface area contributed by atoms with Crippen LogP contribution in [0.4, 0.5) is 0 Å². The molecule has 0 unspecified atom stereocenters. The molecule has 0 aliphatic carbocycles. The maximum Gasteiger partial charge on any atom is 0.261 e. The van der Waals surface area contributed by atoms with E-state index in [1.807, 2.05) is 18.6 Å². The summed E-state index contributed by atoms with van der Waals surface area (Å²) in [6.07, 6.45) is 3.57. The maximum absolute atomic E-state index is 11.9. The number of nitrogens with zero attached hydrogens (tertiary/aromatic N) is 3. The molecule has 0 fully saturated rings. The number of rotatable bonds is 5. The van der Waals surface area contributed by atoms with Gasteiger partial charge in [0.25, 0.3) is 5.91 Å². The molecule has 1 N–H and O–H groups in total. The highest BCUT2D eigenvalue weighted by atomic mass is 32.1. The van der Waals surface area contributed by atoms with Crippen molar-refractivity contribution in [2.75, 3.05) is 13.6 Å². The number of aromatic nitrogens is 2. The van der Waals surface area contributed by atoms with Gasteiger partial charge in [-0.25, -0.2) is 0 Å². The van der Waals surface area contributed by atoms with Crippen molar-refractivity contribution >= 4 is 23.2 Å². The molecular weight excluding hydrogens is 276 g/mol. The highest BCUT2D eigenvalue weighted by molar-refractivity contribution is 7.12. The van der Waals surface area contributed by atoms with Crippen LogP contribution in [0.3, 0.4) is 0 Å². The van der Waals surface area contributed by atoms with Gasteiger partial charge in [-0.2, -0.15) is 5.10 Å². The third-order valence-corrected chi connectivity index (χ3v) is 3.62. The van der Waals surface area contributed by atoms with Crippen LogP contribution in [0, 0.1) is 0 Å². The Morgan fingerprint density at radius 1 is 1.50 bits per heavy atom. The normalized spacial score (nSPS) is 10.3. The molecule has 106 valence electrons. The van der Waals surface area contributed by atoms with E-state index in [0.717, 1.165) is 5.56 Å². The highest BCUT2D eigenvalue weighted by Gasteiger charge is 2.13. The van der Waals surface area contributed by atoms with E-state index in [1.165, 1.54) is 11.3 Å². The van der Waals surface area contributed by atoms with Crippen LogP contribution in [0.2, 0.25) is 0 Å². The molecule has 2 heterocycles. The van der Waals surface area contributed by atoms with Gasteiger partial charge in [-0.1, -0.05) is 6.07 Å². The number of nitrogens with one attached hydrogen (secondary N) is 1. The van der Waals surface area contributed by atoms with Crippen molar-refractivity contribution in [3.63, 3.8) is 0 Å². The van der Waals surface area contributed by atoms with E-state index in [0.29, 0.717) is 11.4 Å². The molecule has 0 radical (unpaired) electrons. The van der Waals surface area contributed by atoms with Gasteiger partial charge in [-0.05, 0) is 11.4 Å². The lowest BCUT2D eigenvalue weighted by Crippen LogP contribution is -2.37. The molecule has 0 spiro atoms. The standard InChI is InChI=1S/C13H16N4O2S/c1-16(8-10-6-15-17(2)9-10)12(18)7-14-13(19)11-4-3-5-20-11/h3-6,9H,7-8H2,1-2H3,(H,14,19). The van der Waals surface area contributed by atoms with Crippen molar-refractivity contribution in [3.05, 3.63) is 40.3 Å². The lowest BCUT2D eigenvalue weighted by Gasteiger charge is -2.16. The van der Waals surface area contributed by atoms with Crippen LogP contribution in [-0.2, 0) is 18.4 Å². The monoisotopic (exact) mass is 292 g/mol. The molecule has 2 rings (SSSR count). The zero-order valence-electron chi connectivity index (χ0n) is 11.4. The van der Waals surface area contributed by atoms with Gasteiger partial charge in [0, 0.05) is 32.4 Å². The average molecular weight is 292 g/mol. The topological polar surface area (TPSA) is 67.2 Å². The van der Waals surface area contributed by atoms with Gasteiger partial charge in [-0.3, -0.25) is 14.3 Å². The summed E-state index contributed by atoms with van der Waals surface area (Å²) in [4.78, 5) is 25.8. The quantitative estimate of drug-likeness (QED) is 0.889. The van der Waals surface area contributed by atoms with Crippen molar-refractivity contribution in [3.8, 4) is 0 Å². The van der Waals surface area contributed by atoms with Crippen LogP contribution >= 0.6 is 11.3 Å². The summed E-state index contributed by atoms with van der Waals surface area (Å²) in [5.41, 5.74) is 0.952. The Labute approximate surface area is 121 Å². The maximum atomic E-state index is 11.9. The zero-order valence-corrected chi connectivity index (χ0v) is 12.2. The molecule has 0 saturated carbocycles.